The van der Waals surface area contributed by atoms with Crippen molar-refractivity contribution in [3.05, 3.63) is 82.4 Å². The van der Waals surface area contributed by atoms with Crippen LogP contribution in [0.15, 0.2) is 59.9 Å². The van der Waals surface area contributed by atoms with Gasteiger partial charge in [-0.2, -0.15) is 13.2 Å². The third-order valence-corrected chi connectivity index (χ3v) is 9.50. The number of ether oxygens (including phenoxy) is 2. The van der Waals surface area contributed by atoms with Crippen LogP contribution in [0.4, 0.5) is 13.2 Å². The number of rotatable bonds is 11. The Bertz CT molecular complexity index is 1930. The van der Waals surface area contributed by atoms with E-state index in [1.165, 1.54) is 28.6 Å². The quantitative estimate of drug-likeness (QED) is 0.120. The number of imidazole rings is 1. The van der Waals surface area contributed by atoms with Crippen LogP contribution in [-0.4, -0.2) is 55.8 Å². The van der Waals surface area contributed by atoms with Crippen LogP contribution in [0.2, 0.25) is 25.7 Å². The molecule has 0 bridgehead atoms. The van der Waals surface area contributed by atoms with Crippen molar-refractivity contribution in [2.24, 2.45) is 0 Å². The Kier molecular flexibility index (Phi) is 8.50. The fraction of sp³-hybridized carbons (Fsp3) is 0.375. The maximum atomic E-state index is 13.6. The van der Waals surface area contributed by atoms with Crippen molar-refractivity contribution in [3.8, 4) is 28.7 Å². The largest absolute Gasteiger partial charge is 0.480 e. The summed E-state index contributed by atoms with van der Waals surface area (Å²) in [5, 5.41) is 0.666. The van der Waals surface area contributed by atoms with Crippen LogP contribution in [0.5, 0.6) is 5.88 Å². The average molecular weight is 650 g/mol. The first-order valence-electron chi connectivity index (χ1n) is 15.0. The highest BCUT2D eigenvalue weighted by molar-refractivity contribution is 6.76. The molecule has 0 aliphatic heterocycles. The minimum absolute atomic E-state index is 0.0439. The van der Waals surface area contributed by atoms with Gasteiger partial charge < -0.3 is 14.0 Å². The molecular weight excluding hydrogens is 615 g/mol. The number of benzene rings is 1. The molecule has 6 rings (SSSR count). The highest BCUT2D eigenvalue weighted by Gasteiger charge is 2.35. The highest BCUT2D eigenvalue weighted by atomic mass is 28.3. The first-order valence-corrected chi connectivity index (χ1v) is 18.7. The summed E-state index contributed by atoms with van der Waals surface area (Å²) in [4.78, 5) is 35.1. The Hall–Kier alpha value is -4.43. The maximum Gasteiger partial charge on any atom is 0.434 e. The van der Waals surface area contributed by atoms with E-state index in [1.807, 2.05) is 0 Å². The van der Waals surface area contributed by atoms with Crippen molar-refractivity contribution in [1.82, 2.24) is 34.1 Å². The summed E-state index contributed by atoms with van der Waals surface area (Å²) >= 11 is 0. The van der Waals surface area contributed by atoms with Crippen molar-refractivity contribution in [1.29, 1.82) is 0 Å². The summed E-state index contributed by atoms with van der Waals surface area (Å²) in [6.45, 7) is 7.22. The summed E-state index contributed by atoms with van der Waals surface area (Å²) in [5.41, 5.74) is 1.85. The number of alkyl halides is 3. The molecule has 0 unspecified atom stereocenters. The fourth-order valence-electron chi connectivity index (χ4n) is 5.12. The predicted octanol–water partition coefficient (Wildman–Crippen LogP) is 6.38. The van der Waals surface area contributed by atoms with Crippen LogP contribution >= 0.6 is 0 Å². The van der Waals surface area contributed by atoms with E-state index >= 15 is 0 Å². The summed E-state index contributed by atoms with van der Waals surface area (Å²) in [6.07, 6.45) is 1.52. The van der Waals surface area contributed by atoms with Crippen LogP contribution in [0.25, 0.3) is 33.8 Å². The van der Waals surface area contributed by atoms with E-state index in [0.717, 1.165) is 36.3 Å². The van der Waals surface area contributed by atoms with Crippen molar-refractivity contribution >= 4 is 19.1 Å². The van der Waals surface area contributed by atoms with Gasteiger partial charge in [0.05, 0.1) is 19.3 Å². The first kappa shape index (κ1) is 31.5. The van der Waals surface area contributed by atoms with Gasteiger partial charge in [0.25, 0.3) is 5.56 Å². The van der Waals surface area contributed by atoms with E-state index in [1.54, 1.807) is 36.5 Å². The molecule has 14 heteroatoms. The van der Waals surface area contributed by atoms with Crippen LogP contribution in [0, 0.1) is 0 Å². The van der Waals surface area contributed by atoms with Crippen molar-refractivity contribution in [3.63, 3.8) is 0 Å². The Morgan fingerprint density at radius 3 is 2.43 bits per heavy atom. The molecule has 1 fully saturated rings. The van der Waals surface area contributed by atoms with Crippen molar-refractivity contribution in [2.45, 2.75) is 63.9 Å². The standard InChI is InChI=1S/C32H34F3N7O3Si/c1-44-31-26(27(21-9-10-21)37-18-38-31)28-36-15-23-11-12-25(43)42(30(23)40-28)16-20-5-7-22(8-6-20)29-39-24(32(33,34)35)17-41(29)19-45-13-14-46(2,3)4/h5-8,11-12,15,17-18,21H,9-10,13-14,16,19H2,1-4H3. The summed E-state index contributed by atoms with van der Waals surface area (Å²) in [7, 11) is 0.168. The molecule has 10 nitrogen and oxygen atoms in total. The molecular formula is C32H34F3N7O3Si. The summed E-state index contributed by atoms with van der Waals surface area (Å²) < 4.78 is 55.0. The van der Waals surface area contributed by atoms with Crippen LogP contribution in [-0.2, 0) is 24.2 Å². The number of aromatic nitrogens is 7. The van der Waals surface area contributed by atoms with Gasteiger partial charge in [0.2, 0.25) is 5.88 Å². The molecule has 0 saturated heterocycles. The lowest BCUT2D eigenvalue weighted by Gasteiger charge is -2.16. The predicted molar refractivity (Wildman–Crippen MR) is 169 cm³/mol. The second-order valence-corrected chi connectivity index (χ2v) is 18.2. The number of pyridine rings is 1. The number of methoxy groups -OCH3 is 1. The van der Waals surface area contributed by atoms with Crippen molar-refractivity contribution in [2.75, 3.05) is 13.7 Å². The second kappa shape index (κ2) is 12.4. The molecule has 1 aromatic carbocycles. The Morgan fingerprint density at radius 2 is 1.76 bits per heavy atom. The molecule has 0 spiro atoms. The van der Waals surface area contributed by atoms with E-state index in [2.05, 4.69) is 39.6 Å². The molecule has 0 radical (unpaired) electrons. The van der Waals surface area contributed by atoms with Gasteiger partial charge in [0.1, 0.15) is 30.1 Å². The number of halogens is 3. The van der Waals surface area contributed by atoms with Crippen LogP contribution < -0.4 is 10.3 Å². The van der Waals surface area contributed by atoms with Crippen LogP contribution in [0.3, 0.4) is 0 Å². The van der Waals surface area contributed by atoms with Gasteiger partial charge in [-0.1, -0.05) is 43.9 Å². The zero-order valence-corrected chi connectivity index (χ0v) is 27.0. The van der Waals surface area contributed by atoms with Gasteiger partial charge >= 0.3 is 6.18 Å². The highest BCUT2D eigenvalue weighted by Crippen LogP contribution is 2.44. The van der Waals surface area contributed by atoms with E-state index < -0.39 is 19.9 Å². The number of fused-ring (bicyclic) bond motifs is 1. The summed E-state index contributed by atoms with van der Waals surface area (Å²) in [5.74, 6) is 1.16. The lowest BCUT2D eigenvalue weighted by atomic mass is 10.1. The molecule has 4 heterocycles. The molecule has 0 N–H and O–H groups in total. The van der Waals surface area contributed by atoms with Gasteiger partial charge in [-0.3, -0.25) is 9.36 Å². The zero-order chi connectivity index (χ0) is 32.6. The molecule has 4 aromatic heterocycles. The van der Waals surface area contributed by atoms with E-state index in [-0.39, 0.29) is 30.6 Å². The van der Waals surface area contributed by atoms with Crippen LogP contribution in [0.1, 0.15) is 35.7 Å². The van der Waals surface area contributed by atoms with Gasteiger partial charge in [0.15, 0.2) is 11.5 Å². The van der Waals surface area contributed by atoms with Gasteiger partial charge in [-0.05, 0) is 30.5 Å². The average Bonchev–Trinajstić information content (AvgIpc) is 3.78. The monoisotopic (exact) mass is 649 g/mol. The lowest BCUT2D eigenvalue weighted by Crippen LogP contribution is -2.22. The van der Waals surface area contributed by atoms with Gasteiger partial charge in [-0.25, -0.2) is 24.9 Å². The number of hydrogen-bond donors (Lipinski definition) is 0. The molecule has 0 amide bonds. The molecule has 5 aromatic rings. The molecule has 1 saturated carbocycles. The van der Waals surface area contributed by atoms with Gasteiger partial charge in [0, 0.05) is 50.0 Å². The van der Waals surface area contributed by atoms with E-state index in [0.29, 0.717) is 40.5 Å². The Morgan fingerprint density at radius 1 is 1.00 bits per heavy atom. The summed E-state index contributed by atoms with van der Waals surface area (Å²) in [6, 6.07) is 10.9. The molecule has 0 atom stereocenters. The molecule has 46 heavy (non-hydrogen) atoms. The third-order valence-electron chi connectivity index (χ3n) is 7.79. The topological polar surface area (TPSA) is 110 Å². The lowest BCUT2D eigenvalue weighted by molar-refractivity contribution is -0.141. The van der Waals surface area contributed by atoms with Crippen molar-refractivity contribution < 1.29 is 22.6 Å². The van der Waals surface area contributed by atoms with E-state index in [9.17, 15) is 18.0 Å². The number of hydrogen-bond acceptors (Lipinski definition) is 8. The third kappa shape index (κ3) is 6.87. The first-order chi connectivity index (χ1) is 21.9. The minimum Gasteiger partial charge on any atom is -0.480 e. The van der Waals surface area contributed by atoms with Gasteiger partial charge in [-0.15, -0.1) is 0 Å². The second-order valence-electron chi connectivity index (χ2n) is 12.6. The molecule has 1 aliphatic rings. The molecule has 1 aliphatic carbocycles. The van der Waals surface area contributed by atoms with E-state index in [4.69, 9.17) is 14.5 Å². The fourth-order valence-corrected chi connectivity index (χ4v) is 5.88. The Balaban J connectivity index is 1.30. The SMILES string of the molecule is COc1ncnc(C2CC2)c1-c1ncc2ccc(=O)n(Cc3ccc(-c4nc(C(F)(F)F)cn4COCC[Si](C)(C)C)cc3)c2n1. The zero-order valence-electron chi connectivity index (χ0n) is 26.0. The molecule has 240 valence electrons. The normalized spacial score (nSPS) is 13.8. The maximum absolute atomic E-state index is 13.6. The Labute approximate surface area is 264 Å². The minimum atomic E-state index is -4.59. The number of nitrogens with zero attached hydrogens (tertiary/aromatic N) is 7. The smallest absolute Gasteiger partial charge is 0.434 e.